The van der Waals surface area contributed by atoms with E-state index in [1.807, 2.05) is 0 Å². The van der Waals surface area contributed by atoms with Gasteiger partial charge in [-0.3, -0.25) is 4.98 Å². The Bertz CT molecular complexity index is 458. The number of aliphatic hydroxyl groups excluding tert-OH is 1. The molecule has 1 heterocycles. The predicted molar refractivity (Wildman–Crippen MR) is 60.1 cm³/mol. The highest BCUT2D eigenvalue weighted by molar-refractivity contribution is 7.91. The normalized spacial score (nSPS) is 15.5. The van der Waals surface area contributed by atoms with Crippen molar-refractivity contribution in [2.24, 2.45) is 0 Å². The summed E-state index contributed by atoms with van der Waals surface area (Å²) in [6, 6.07) is 1.57. The summed E-state index contributed by atoms with van der Waals surface area (Å²) in [6.07, 6.45) is 2.91. The van der Waals surface area contributed by atoms with Crippen molar-refractivity contribution in [3.63, 3.8) is 0 Å². The maximum absolute atomic E-state index is 11.3. The van der Waals surface area contributed by atoms with Gasteiger partial charge in [-0.25, -0.2) is 8.42 Å². The van der Waals surface area contributed by atoms with Gasteiger partial charge in [0.05, 0.1) is 24.7 Å². The van der Waals surface area contributed by atoms with Crippen LogP contribution in [0.1, 0.15) is 18.6 Å². The van der Waals surface area contributed by atoms with Crippen LogP contribution in [0.15, 0.2) is 18.5 Å². The third kappa shape index (κ3) is 2.93. The average molecular weight is 245 g/mol. The molecule has 16 heavy (non-hydrogen) atoms. The van der Waals surface area contributed by atoms with Crippen molar-refractivity contribution in [2.45, 2.75) is 18.3 Å². The zero-order valence-corrected chi connectivity index (χ0v) is 10.2. The summed E-state index contributed by atoms with van der Waals surface area (Å²) in [5, 5.41) is 9.00. The van der Waals surface area contributed by atoms with Crippen LogP contribution in [0.4, 0.5) is 0 Å². The molecule has 0 aliphatic carbocycles. The van der Waals surface area contributed by atoms with Gasteiger partial charge in [0, 0.05) is 18.0 Å². The molecule has 1 N–H and O–H groups in total. The maximum atomic E-state index is 11.3. The molecule has 0 saturated heterocycles. The predicted octanol–water partition coefficient (Wildman–Crippen LogP) is 0.557. The van der Waals surface area contributed by atoms with Gasteiger partial charge in [-0.15, -0.1) is 0 Å². The van der Waals surface area contributed by atoms with Crippen molar-refractivity contribution < 1.29 is 18.3 Å². The van der Waals surface area contributed by atoms with Crippen LogP contribution in [0.3, 0.4) is 0 Å². The Morgan fingerprint density at radius 2 is 2.06 bits per heavy atom. The summed E-state index contributed by atoms with van der Waals surface area (Å²) in [4.78, 5) is 3.86. The lowest BCUT2D eigenvalue weighted by Gasteiger charge is -2.17. The number of sulfone groups is 1. The van der Waals surface area contributed by atoms with Crippen LogP contribution in [-0.4, -0.2) is 37.1 Å². The van der Waals surface area contributed by atoms with Gasteiger partial charge in [0.2, 0.25) is 0 Å². The summed E-state index contributed by atoms with van der Waals surface area (Å²) in [5.41, 5.74) is 0.428. The van der Waals surface area contributed by atoms with Crippen molar-refractivity contribution in [1.82, 2.24) is 4.98 Å². The summed E-state index contributed by atoms with van der Waals surface area (Å²) < 4.78 is 27.5. The molecular formula is C10H15NO4S. The second-order valence-electron chi connectivity index (χ2n) is 3.64. The highest BCUT2D eigenvalue weighted by atomic mass is 32.2. The van der Waals surface area contributed by atoms with E-state index in [1.54, 1.807) is 6.07 Å². The molecule has 2 unspecified atom stereocenters. The molecule has 1 rings (SSSR count). The SMILES string of the molecule is COc1cncc(C(O)C(C)S(C)(=O)=O)c1. The zero-order valence-electron chi connectivity index (χ0n) is 9.41. The number of methoxy groups -OCH3 is 1. The van der Waals surface area contributed by atoms with Gasteiger partial charge >= 0.3 is 0 Å². The monoisotopic (exact) mass is 245 g/mol. The minimum atomic E-state index is -3.29. The Balaban J connectivity index is 3.00. The van der Waals surface area contributed by atoms with E-state index in [9.17, 15) is 13.5 Å². The molecule has 2 atom stereocenters. The molecule has 0 spiro atoms. The second kappa shape index (κ2) is 4.80. The minimum absolute atomic E-state index is 0.428. The molecule has 0 aromatic carbocycles. The summed E-state index contributed by atoms with van der Waals surface area (Å²) in [5.74, 6) is 0.484. The molecule has 1 aromatic rings. The van der Waals surface area contributed by atoms with Crippen LogP contribution < -0.4 is 4.74 Å². The number of hydrogen-bond donors (Lipinski definition) is 1. The van der Waals surface area contributed by atoms with Crippen molar-refractivity contribution >= 4 is 9.84 Å². The maximum Gasteiger partial charge on any atom is 0.152 e. The fourth-order valence-corrected chi connectivity index (χ4v) is 1.84. The van der Waals surface area contributed by atoms with Crippen LogP contribution >= 0.6 is 0 Å². The van der Waals surface area contributed by atoms with Crippen LogP contribution in [0.5, 0.6) is 5.75 Å². The lowest BCUT2D eigenvalue weighted by Crippen LogP contribution is -2.24. The van der Waals surface area contributed by atoms with Gasteiger partial charge in [0.15, 0.2) is 9.84 Å². The molecule has 90 valence electrons. The average Bonchev–Trinajstić information content (AvgIpc) is 2.26. The van der Waals surface area contributed by atoms with E-state index in [0.717, 1.165) is 6.26 Å². The Morgan fingerprint density at radius 3 is 2.56 bits per heavy atom. The number of hydrogen-bond acceptors (Lipinski definition) is 5. The first-order valence-electron chi connectivity index (χ1n) is 4.72. The quantitative estimate of drug-likeness (QED) is 0.838. The second-order valence-corrected chi connectivity index (χ2v) is 6.04. The molecule has 0 aliphatic heterocycles. The fourth-order valence-electron chi connectivity index (χ4n) is 1.21. The van der Waals surface area contributed by atoms with Crippen LogP contribution in [0.2, 0.25) is 0 Å². The number of pyridine rings is 1. The minimum Gasteiger partial charge on any atom is -0.495 e. The molecule has 0 bridgehead atoms. The first-order chi connectivity index (χ1) is 7.36. The molecule has 6 heteroatoms. The van der Waals surface area contributed by atoms with E-state index < -0.39 is 21.2 Å². The largest absolute Gasteiger partial charge is 0.495 e. The number of aliphatic hydroxyl groups is 1. The van der Waals surface area contributed by atoms with E-state index in [1.165, 1.54) is 26.4 Å². The molecular weight excluding hydrogens is 230 g/mol. The third-order valence-corrected chi connectivity index (χ3v) is 4.04. The van der Waals surface area contributed by atoms with Gasteiger partial charge in [0.25, 0.3) is 0 Å². The van der Waals surface area contributed by atoms with Crippen molar-refractivity contribution in [3.05, 3.63) is 24.0 Å². The van der Waals surface area contributed by atoms with E-state index in [4.69, 9.17) is 4.74 Å². The Kier molecular flexibility index (Phi) is 3.88. The van der Waals surface area contributed by atoms with Crippen LogP contribution in [0, 0.1) is 0 Å². The summed E-state index contributed by atoms with van der Waals surface area (Å²) >= 11 is 0. The Hall–Kier alpha value is -1.14. The molecule has 5 nitrogen and oxygen atoms in total. The number of aromatic nitrogens is 1. The zero-order chi connectivity index (χ0) is 12.3. The van der Waals surface area contributed by atoms with Gasteiger partial charge in [-0.05, 0) is 13.0 Å². The van der Waals surface area contributed by atoms with Gasteiger partial charge in [-0.2, -0.15) is 0 Å². The number of ether oxygens (including phenoxy) is 1. The molecule has 0 amide bonds. The highest BCUT2D eigenvalue weighted by Gasteiger charge is 2.25. The lowest BCUT2D eigenvalue weighted by atomic mass is 10.1. The highest BCUT2D eigenvalue weighted by Crippen LogP contribution is 2.23. The molecule has 0 saturated carbocycles. The van der Waals surface area contributed by atoms with Gasteiger partial charge in [-0.1, -0.05) is 0 Å². The Labute approximate surface area is 95.0 Å². The van der Waals surface area contributed by atoms with Crippen molar-refractivity contribution in [1.29, 1.82) is 0 Å². The molecule has 0 aliphatic rings. The van der Waals surface area contributed by atoms with Crippen LogP contribution in [-0.2, 0) is 9.84 Å². The first kappa shape index (κ1) is 12.9. The third-order valence-electron chi connectivity index (χ3n) is 2.43. The van der Waals surface area contributed by atoms with Gasteiger partial charge < -0.3 is 9.84 Å². The summed E-state index contributed by atoms with van der Waals surface area (Å²) in [7, 11) is -1.81. The molecule has 0 fully saturated rings. The smallest absolute Gasteiger partial charge is 0.152 e. The van der Waals surface area contributed by atoms with E-state index in [-0.39, 0.29) is 0 Å². The lowest BCUT2D eigenvalue weighted by molar-refractivity contribution is 0.175. The van der Waals surface area contributed by atoms with Gasteiger partial charge in [0.1, 0.15) is 5.75 Å². The standard InChI is InChI=1S/C10H15NO4S/c1-7(16(3,13)14)10(12)8-4-9(15-2)6-11-5-8/h4-7,10,12H,1-3H3. The molecule has 1 aromatic heterocycles. The van der Waals surface area contributed by atoms with E-state index in [2.05, 4.69) is 4.98 Å². The first-order valence-corrected chi connectivity index (χ1v) is 6.67. The summed E-state index contributed by atoms with van der Waals surface area (Å²) in [6.45, 7) is 1.46. The van der Waals surface area contributed by atoms with E-state index >= 15 is 0 Å². The van der Waals surface area contributed by atoms with E-state index in [0.29, 0.717) is 11.3 Å². The Morgan fingerprint density at radius 1 is 1.44 bits per heavy atom. The van der Waals surface area contributed by atoms with Crippen molar-refractivity contribution in [3.8, 4) is 5.75 Å². The number of nitrogens with zero attached hydrogens (tertiary/aromatic N) is 1. The van der Waals surface area contributed by atoms with Crippen molar-refractivity contribution in [2.75, 3.05) is 13.4 Å². The van der Waals surface area contributed by atoms with Crippen LogP contribution in [0.25, 0.3) is 0 Å². The fraction of sp³-hybridized carbons (Fsp3) is 0.500. The molecule has 0 radical (unpaired) electrons. The number of rotatable bonds is 4. The topological polar surface area (TPSA) is 76.5 Å².